The molecule has 4 heteroatoms. The van der Waals surface area contributed by atoms with Crippen LogP contribution in [0.4, 0.5) is 0 Å². The van der Waals surface area contributed by atoms with Crippen molar-refractivity contribution in [3.05, 3.63) is 16.7 Å². The van der Waals surface area contributed by atoms with Gasteiger partial charge in [0, 0.05) is 35.6 Å². The van der Waals surface area contributed by atoms with Crippen molar-refractivity contribution in [3.8, 4) is 17.2 Å². The third-order valence-electron chi connectivity index (χ3n) is 3.88. The molecule has 0 saturated carbocycles. The third-order valence-corrected chi connectivity index (χ3v) is 3.88. The fourth-order valence-electron chi connectivity index (χ4n) is 3.20. The Morgan fingerprint density at radius 1 is 1.11 bits per heavy atom. The molecule has 2 aliphatic heterocycles. The van der Waals surface area contributed by atoms with Gasteiger partial charge in [0.05, 0.1) is 7.11 Å². The summed E-state index contributed by atoms with van der Waals surface area (Å²) in [7, 11) is 1.69. The van der Waals surface area contributed by atoms with Gasteiger partial charge in [-0.05, 0) is 20.8 Å². The molecule has 0 aliphatic carbocycles. The maximum Gasteiger partial charge on any atom is 0.168 e. The first kappa shape index (κ1) is 12.6. The minimum absolute atomic E-state index is 0.0624. The number of rotatable bonds is 2. The lowest BCUT2D eigenvalue weighted by atomic mass is 9.93. The van der Waals surface area contributed by atoms with Crippen LogP contribution in [0.5, 0.6) is 17.2 Å². The quantitative estimate of drug-likeness (QED) is 0.890. The summed E-state index contributed by atoms with van der Waals surface area (Å²) in [6.45, 7) is 6.13. The van der Waals surface area contributed by atoms with Gasteiger partial charge < -0.3 is 19.9 Å². The molecule has 0 amide bonds. The van der Waals surface area contributed by atoms with Crippen LogP contribution in [0.1, 0.15) is 43.5 Å². The van der Waals surface area contributed by atoms with Crippen LogP contribution < -0.4 is 19.9 Å². The van der Waals surface area contributed by atoms with Crippen molar-refractivity contribution in [2.24, 2.45) is 5.73 Å². The van der Waals surface area contributed by atoms with Crippen LogP contribution in [-0.4, -0.2) is 19.3 Å². The number of methoxy groups -OCH3 is 1. The van der Waals surface area contributed by atoms with Crippen LogP contribution in [0.25, 0.3) is 0 Å². The molecule has 0 fully saturated rings. The smallest absolute Gasteiger partial charge is 0.168 e. The van der Waals surface area contributed by atoms with Crippen molar-refractivity contribution in [1.82, 2.24) is 0 Å². The molecule has 2 heterocycles. The molecule has 2 N–H and O–H groups in total. The van der Waals surface area contributed by atoms with Gasteiger partial charge in [0.25, 0.3) is 0 Å². The predicted octanol–water partition coefficient (Wildman–Crippen LogP) is 2.36. The summed E-state index contributed by atoms with van der Waals surface area (Å²) in [5, 5.41) is 0. The summed E-state index contributed by atoms with van der Waals surface area (Å²) >= 11 is 0. The Labute approximate surface area is 113 Å². The second kappa shape index (κ2) is 4.30. The lowest BCUT2D eigenvalue weighted by Gasteiger charge is -2.18. The lowest BCUT2D eigenvalue weighted by molar-refractivity contribution is 0.242. The van der Waals surface area contributed by atoms with E-state index in [-0.39, 0.29) is 18.2 Å². The van der Waals surface area contributed by atoms with Gasteiger partial charge in [-0.2, -0.15) is 0 Å². The number of hydrogen-bond donors (Lipinski definition) is 1. The van der Waals surface area contributed by atoms with Crippen molar-refractivity contribution < 1.29 is 14.2 Å². The normalized spacial score (nSPS) is 25.3. The van der Waals surface area contributed by atoms with Crippen molar-refractivity contribution in [1.29, 1.82) is 0 Å². The molecule has 0 spiro atoms. The second-order valence-electron chi connectivity index (χ2n) is 5.62. The topological polar surface area (TPSA) is 53.7 Å². The van der Waals surface area contributed by atoms with Gasteiger partial charge in [0.1, 0.15) is 18.0 Å². The van der Waals surface area contributed by atoms with E-state index in [2.05, 4.69) is 13.8 Å². The van der Waals surface area contributed by atoms with Crippen LogP contribution in [0, 0.1) is 0 Å². The number of hydrogen-bond acceptors (Lipinski definition) is 4. The summed E-state index contributed by atoms with van der Waals surface area (Å²) in [6.07, 6.45) is 2.05. The standard InChI is InChI=1S/C15H21NO3/c1-7-5-10-12(9(3)16)13-11(6-8(2)18-13)14(17-4)15(10)19-7/h7-9H,5-6,16H2,1-4H3. The molecule has 3 rings (SSSR count). The highest BCUT2D eigenvalue weighted by Crippen LogP contribution is 2.52. The molecule has 0 bridgehead atoms. The molecule has 0 saturated heterocycles. The Hall–Kier alpha value is -1.42. The molecule has 4 nitrogen and oxygen atoms in total. The number of ether oxygens (including phenoxy) is 3. The van der Waals surface area contributed by atoms with E-state index in [4.69, 9.17) is 19.9 Å². The van der Waals surface area contributed by atoms with Gasteiger partial charge in [0.2, 0.25) is 0 Å². The summed E-state index contributed by atoms with van der Waals surface area (Å²) in [6, 6.07) is -0.0624. The number of benzene rings is 1. The molecular formula is C15H21NO3. The molecule has 3 unspecified atom stereocenters. The van der Waals surface area contributed by atoms with E-state index < -0.39 is 0 Å². The minimum Gasteiger partial charge on any atom is -0.492 e. The fraction of sp³-hybridized carbons (Fsp3) is 0.600. The Bertz CT molecular complexity index is 486. The van der Waals surface area contributed by atoms with Crippen LogP contribution in [-0.2, 0) is 12.8 Å². The Morgan fingerprint density at radius 2 is 1.68 bits per heavy atom. The van der Waals surface area contributed by atoms with Crippen molar-refractivity contribution >= 4 is 0 Å². The summed E-state index contributed by atoms with van der Waals surface area (Å²) in [4.78, 5) is 0. The van der Waals surface area contributed by atoms with Crippen molar-refractivity contribution in [2.75, 3.05) is 7.11 Å². The highest BCUT2D eigenvalue weighted by Gasteiger charge is 2.37. The molecule has 104 valence electrons. The molecule has 3 atom stereocenters. The maximum atomic E-state index is 6.17. The van der Waals surface area contributed by atoms with Crippen molar-refractivity contribution in [3.63, 3.8) is 0 Å². The zero-order valence-electron chi connectivity index (χ0n) is 11.9. The fourth-order valence-corrected chi connectivity index (χ4v) is 3.20. The summed E-state index contributed by atoms with van der Waals surface area (Å²) in [5.41, 5.74) is 9.53. The van der Waals surface area contributed by atoms with Crippen molar-refractivity contribution in [2.45, 2.75) is 51.9 Å². The van der Waals surface area contributed by atoms with Gasteiger partial charge in [0.15, 0.2) is 11.5 Å². The van der Waals surface area contributed by atoms with Gasteiger partial charge in [-0.1, -0.05) is 0 Å². The molecular weight excluding hydrogens is 242 g/mol. The average Bonchev–Trinajstić information content (AvgIpc) is 2.86. The van der Waals surface area contributed by atoms with E-state index in [1.165, 1.54) is 0 Å². The highest BCUT2D eigenvalue weighted by atomic mass is 16.5. The van der Waals surface area contributed by atoms with Crippen LogP contribution >= 0.6 is 0 Å². The van der Waals surface area contributed by atoms with Gasteiger partial charge >= 0.3 is 0 Å². The Morgan fingerprint density at radius 3 is 2.26 bits per heavy atom. The molecule has 0 radical (unpaired) electrons. The average molecular weight is 263 g/mol. The first-order valence-corrected chi connectivity index (χ1v) is 6.87. The SMILES string of the molecule is COc1c2c(c(C(C)N)c3c1OC(C)C3)OC(C)C2. The third kappa shape index (κ3) is 1.77. The van der Waals surface area contributed by atoms with E-state index in [0.717, 1.165) is 46.8 Å². The predicted molar refractivity (Wildman–Crippen MR) is 73.2 cm³/mol. The first-order valence-electron chi connectivity index (χ1n) is 6.87. The first-order chi connectivity index (χ1) is 9.02. The summed E-state index contributed by atoms with van der Waals surface area (Å²) in [5.74, 6) is 2.64. The second-order valence-corrected chi connectivity index (χ2v) is 5.62. The van der Waals surface area contributed by atoms with Gasteiger partial charge in [-0.3, -0.25) is 0 Å². The maximum absolute atomic E-state index is 6.17. The molecule has 1 aromatic rings. The molecule has 1 aromatic carbocycles. The monoisotopic (exact) mass is 263 g/mol. The van der Waals surface area contributed by atoms with E-state index in [0.29, 0.717) is 0 Å². The van der Waals surface area contributed by atoms with E-state index in [1.54, 1.807) is 7.11 Å². The van der Waals surface area contributed by atoms with Crippen LogP contribution in [0.15, 0.2) is 0 Å². The van der Waals surface area contributed by atoms with E-state index in [9.17, 15) is 0 Å². The molecule has 2 aliphatic rings. The Balaban J connectivity index is 2.27. The zero-order chi connectivity index (χ0) is 13.7. The largest absolute Gasteiger partial charge is 0.492 e. The minimum atomic E-state index is -0.0624. The number of fused-ring (bicyclic) bond motifs is 2. The number of nitrogens with two attached hydrogens (primary N) is 1. The lowest BCUT2D eigenvalue weighted by Crippen LogP contribution is -2.12. The van der Waals surface area contributed by atoms with Gasteiger partial charge in [-0.25, -0.2) is 0 Å². The van der Waals surface area contributed by atoms with Crippen LogP contribution in [0.2, 0.25) is 0 Å². The van der Waals surface area contributed by atoms with Gasteiger partial charge in [-0.15, -0.1) is 0 Å². The Kier molecular flexibility index (Phi) is 2.86. The van der Waals surface area contributed by atoms with E-state index in [1.807, 2.05) is 6.92 Å². The summed E-state index contributed by atoms with van der Waals surface area (Å²) < 4.78 is 17.5. The van der Waals surface area contributed by atoms with Crippen LogP contribution in [0.3, 0.4) is 0 Å². The van der Waals surface area contributed by atoms with E-state index >= 15 is 0 Å². The highest BCUT2D eigenvalue weighted by molar-refractivity contribution is 5.66. The zero-order valence-corrected chi connectivity index (χ0v) is 11.9. The molecule has 19 heavy (non-hydrogen) atoms. The molecule has 0 aromatic heterocycles.